The topological polar surface area (TPSA) is 21.3 Å². The quantitative estimate of drug-likeness (QED) is 0.161. The molecule has 280 valence electrons. The number of aromatic nitrogens is 1. The summed E-state index contributed by atoms with van der Waals surface area (Å²) >= 11 is 0. The largest absolute Gasteiger partial charge is 0.455 e. The van der Waals surface area contributed by atoms with Crippen molar-refractivity contribution in [1.29, 1.82) is 0 Å². The van der Waals surface area contributed by atoms with Gasteiger partial charge >= 0.3 is 0 Å². The van der Waals surface area contributed by atoms with Gasteiger partial charge in [-0.3, -0.25) is 0 Å². The Morgan fingerprint density at radius 2 is 0.915 bits per heavy atom. The number of aryl methyl sites for hydroxylation is 2. The van der Waals surface area contributed by atoms with Crippen LogP contribution in [0.4, 0.5) is 17.1 Å². The molecule has 0 spiro atoms. The van der Waals surface area contributed by atoms with Crippen molar-refractivity contribution < 1.29 is 4.42 Å². The summed E-state index contributed by atoms with van der Waals surface area (Å²) in [5, 5.41) is 4.66. The van der Waals surface area contributed by atoms with Crippen LogP contribution in [0.5, 0.6) is 0 Å². The second-order valence-corrected chi connectivity index (χ2v) is 15.5. The van der Waals surface area contributed by atoms with Crippen LogP contribution < -0.4 is 4.90 Å². The summed E-state index contributed by atoms with van der Waals surface area (Å²) in [5.41, 5.74) is 17.8. The Morgan fingerprint density at radius 1 is 0.390 bits per heavy atom. The Morgan fingerprint density at radius 3 is 1.51 bits per heavy atom. The normalized spacial score (nSPS) is 11.6. The van der Waals surface area contributed by atoms with E-state index in [9.17, 15) is 0 Å². The van der Waals surface area contributed by atoms with Crippen LogP contribution in [0.3, 0.4) is 0 Å². The van der Waals surface area contributed by atoms with E-state index in [1.165, 1.54) is 55.2 Å². The second kappa shape index (κ2) is 14.1. The van der Waals surface area contributed by atoms with Gasteiger partial charge in [-0.25, -0.2) is 0 Å². The lowest BCUT2D eigenvalue weighted by Crippen LogP contribution is -2.13. The SMILES string of the molecule is Cc1cc(-c2ccccc2)ccc1N(c1cc(-c2cccc(-n3c4ccccc4c4ccccc43)c2)c2oc3ccccc3c2c1)c1ccc(-c2ccccc2)cc1C. The number of hydrogen-bond acceptors (Lipinski definition) is 2. The van der Waals surface area contributed by atoms with Gasteiger partial charge in [0.15, 0.2) is 0 Å². The van der Waals surface area contributed by atoms with Crippen LogP contribution in [0, 0.1) is 13.8 Å². The highest BCUT2D eigenvalue weighted by Gasteiger charge is 2.23. The van der Waals surface area contributed by atoms with E-state index in [0.717, 1.165) is 55.8 Å². The molecular weight excluding hydrogens is 717 g/mol. The van der Waals surface area contributed by atoms with Crippen molar-refractivity contribution in [3.63, 3.8) is 0 Å². The number of para-hydroxylation sites is 3. The number of anilines is 3. The smallest absolute Gasteiger partial charge is 0.143 e. The number of fused-ring (bicyclic) bond motifs is 6. The summed E-state index contributed by atoms with van der Waals surface area (Å²) in [4.78, 5) is 2.44. The summed E-state index contributed by atoms with van der Waals surface area (Å²) in [5.74, 6) is 0. The molecule has 2 heterocycles. The van der Waals surface area contributed by atoms with Gasteiger partial charge in [-0.15, -0.1) is 0 Å². The van der Waals surface area contributed by atoms with Gasteiger partial charge in [0.05, 0.1) is 11.0 Å². The molecule has 0 radical (unpaired) electrons. The van der Waals surface area contributed by atoms with Crippen molar-refractivity contribution >= 4 is 60.8 Å². The van der Waals surface area contributed by atoms with Gasteiger partial charge in [-0.2, -0.15) is 0 Å². The minimum absolute atomic E-state index is 0.873. The van der Waals surface area contributed by atoms with Gasteiger partial charge in [0.2, 0.25) is 0 Å². The molecule has 11 rings (SSSR count). The molecular formula is C56H40N2O. The van der Waals surface area contributed by atoms with Crippen LogP contribution in [0.15, 0.2) is 211 Å². The van der Waals surface area contributed by atoms with E-state index in [1.807, 2.05) is 0 Å². The fourth-order valence-electron chi connectivity index (χ4n) is 9.01. The third kappa shape index (κ3) is 5.90. The lowest BCUT2D eigenvalue weighted by atomic mass is 9.97. The van der Waals surface area contributed by atoms with Gasteiger partial charge < -0.3 is 13.9 Å². The van der Waals surface area contributed by atoms with Gasteiger partial charge in [0.25, 0.3) is 0 Å². The molecule has 0 saturated heterocycles. The van der Waals surface area contributed by atoms with E-state index in [4.69, 9.17) is 4.42 Å². The zero-order valence-electron chi connectivity index (χ0n) is 32.9. The fraction of sp³-hybridized carbons (Fsp3) is 0.0357. The Labute approximate surface area is 343 Å². The van der Waals surface area contributed by atoms with E-state index in [1.54, 1.807) is 0 Å². The Bertz CT molecular complexity index is 3210. The van der Waals surface area contributed by atoms with Crippen molar-refractivity contribution in [3.8, 4) is 39.1 Å². The van der Waals surface area contributed by atoms with Gasteiger partial charge in [-0.05, 0) is 120 Å². The molecule has 2 aromatic heterocycles. The zero-order valence-corrected chi connectivity index (χ0v) is 32.9. The highest BCUT2D eigenvalue weighted by atomic mass is 16.3. The first kappa shape index (κ1) is 34.6. The summed E-state index contributed by atoms with van der Waals surface area (Å²) in [6.07, 6.45) is 0. The van der Waals surface area contributed by atoms with Crippen LogP contribution in [0.1, 0.15) is 11.1 Å². The molecule has 0 aliphatic heterocycles. The molecule has 0 N–H and O–H groups in total. The highest BCUT2D eigenvalue weighted by molar-refractivity contribution is 6.12. The predicted molar refractivity (Wildman–Crippen MR) is 249 cm³/mol. The third-order valence-electron chi connectivity index (χ3n) is 11.8. The minimum atomic E-state index is 0.873. The highest BCUT2D eigenvalue weighted by Crippen LogP contribution is 2.46. The van der Waals surface area contributed by atoms with E-state index >= 15 is 0 Å². The number of furan rings is 1. The van der Waals surface area contributed by atoms with Gasteiger partial charge in [-0.1, -0.05) is 140 Å². The van der Waals surface area contributed by atoms with Crippen LogP contribution in [0.2, 0.25) is 0 Å². The van der Waals surface area contributed by atoms with Crippen molar-refractivity contribution in [1.82, 2.24) is 4.57 Å². The van der Waals surface area contributed by atoms with Crippen molar-refractivity contribution in [3.05, 3.63) is 217 Å². The summed E-state index contributed by atoms with van der Waals surface area (Å²) in [7, 11) is 0. The molecule has 0 amide bonds. The van der Waals surface area contributed by atoms with Crippen LogP contribution in [0.25, 0.3) is 82.8 Å². The maximum absolute atomic E-state index is 6.81. The average Bonchev–Trinajstić information content (AvgIpc) is 3.84. The molecule has 0 saturated carbocycles. The second-order valence-electron chi connectivity index (χ2n) is 15.5. The predicted octanol–water partition coefficient (Wildman–Crippen LogP) is 15.8. The Kier molecular flexibility index (Phi) is 8.27. The summed E-state index contributed by atoms with van der Waals surface area (Å²) in [6, 6.07) is 74.3. The average molecular weight is 757 g/mol. The van der Waals surface area contributed by atoms with Crippen molar-refractivity contribution in [2.75, 3.05) is 4.90 Å². The maximum atomic E-state index is 6.81. The molecule has 3 nitrogen and oxygen atoms in total. The van der Waals surface area contributed by atoms with Gasteiger partial charge in [0, 0.05) is 49.9 Å². The standard InChI is InChI=1S/C56H40N2O/c1-37-32-41(39-16-5-3-6-17-39)28-30-51(37)58(52-31-29-42(33-38(52)2)40-18-7-4-8-19-40)45-35-49(56-50(36-45)48-24-11-14-27-55(48)59-56)43-20-15-21-44(34-43)57-53-25-12-9-22-46(53)47-23-10-13-26-54(47)57/h3-36H,1-2H3. The molecule has 3 heteroatoms. The molecule has 0 fully saturated rings. The van der Waals surface area contributed by atoms with Crippen LogP contribution in [-0.2, 0) is 0 Å². The summed E-state index contributed by atoms with van der Waals surface area (Å²) < 4.78 is 9.19. The first-order chi connectivity index (χ1) is 29.1. The van der Waals surface area contributed by atoms with Crippen molar-refractivity contribution in [2.24, 2.45) is 0 Å². The van der Waals surface area contributed by atoms with E-state index in [0.29, 0.717) is 0 Å². The van der Waals surface area contributed by atoms with E-state index in [-0.39, 0.29) is 0 Å². The lowest BCUT2D eigenvalue weighted by Gasteiger charge is -2.30. The van der Waals surface area contributed by atoms with Gasteiger partial charge in [0.1, 0.15) is 11.2 Å². The molecule has 0 aliphatic carbocycles. The van der Waals surface area contributed by atoms with Crippen LogP contribution in [-0.4, -0.2) is 4.57 Å². The van der Waals surface area contributed by atoms with Crippen LogP contribution >= 0.6 is 0 Å². The van der Waals surface area contributed by atoms with E-state index in [2.05, 4.69) is 230 Å². The third-order valence-corrected chi connectivity index (χ3v) is 11.8. The number of hydrogen-bond donors (Lipinski definition) is 0. The molecule has 59 heavy (non-hydrogen) atoms. The Hall–Kier alpha value is -7.62. The molecule has 0 bridgehead atoms. The minimum Gasteiger partial charge on any atom is -0.455 e. The maximum Gasteiger partial charge on any atom is 0.143 e. The monoisotopic (exact) mass is 756 g/mol. The zero-order chi connectivity index (χ0) is 39.5. The van der Waals surface area contributed by atoms with Crippen molar-refractivity contribution in [2.45, 2.75) is 13.8 Å². The number of benzene rings is 9. The summed E-state index contributed by atoms with van der Waals surface area (Å²) in [6.45, 7) is 4.45. The lowest BCUT2D eigenvalue weighted by molar-refractivity contribution is 0.670. The first-order valence-corrected chi connectivity index (χ1v) is 20.3. The van der Waals surface area contributed by atoms with E-state index < -0.39 is 0 Å². The molecule has 0 aliphatic rings. The first-order valence-electron chi connectivity index (χ1n) is 20.3. The Balaban J connectivity index is 1.15. The number of rotatable bonds is 7. The molecule has 9 aromatic carbocycles. The number of nitrogens with zero attached hydrogens (tertiary/aromatic N) is 2. The molecule has 0 unspecified atom stereocenters. The molecule has 11 aromatic rings. The molecule has 0 atom stereocenters. The fourth-order valence-corrected chi connectivity index (χ4v) is 9.01.